The molecular weight excluding hydrogens is 240 g/mol. The van der Waals surface area contributed by atoms with Crippen molar-refractivity contribution >= 4 is 17.4 Å². The molecule has 1 heterocycles. The Morgan fingerprint density at radius 1 is 1.37 bits per heavy atom. The minimum Gasteiger partial charge on any atom is -0.394 e. The van der Waals surface area contributed by atoms with Crippen molar-refractivity contribution < 1.29 is 4.79 Å². The van der Waals surface area contributed by atoms with E-state index in [4.69, 9.17) is 5.73 Å². The average molecular weight is 258 g/mol. The van der Waals surface area contributed by atoms with Gasteiger partial charge < -0.3 is 11.1 Å². The SMILES string of the molecule is Cn1ncc(N)c1NC(=O)CCCc1ccccc1. The Hall–Kier alpha value is -2.30. The predicted octanol–water partition coefficient (Wildman–Crippen LogP) is 1.96. The number of anilines is 2. The minimum atomic E-state index is -0.0359. The molecule has 0 bridgehead atoms. The lowest BCUT2D eigenvalue weighted by Gasteiger charge is -2.06. The standard InChI is InChI=1S/C14H18N4O/c1-18-14(12(15)10-16-18)17-13(19)9-5-8-11-6-3-2-4-7-11/h2-4,6-7,10H,5,8-9,15H2,1H3,(H,17,19). The van der Waals surface area contributed by atoms with Crippen molar-refractivity contribution in [3.63, 3.8) is 0 Å². The molecular formula is C14H18N4O. The van der Waals surface area contributed by atoms with Crippen LogP contribution in [0.25, 0.3) is 0 Å². The van der Waals surface area contributed by atoms with Crippen molar-refractivity contribution in [1.82, 2.24) is 9.78 Å². The monoisotopic (exact) mass is 258 g/mol. The second-order valence-corrected chi connectivity index (χ2v) is 4.46. The largest absolute Gasteiger partial charge is 0.394 e. The van der Waals surface area contributed by atoms with Gasteiger partial charge in [-0.1, -0.05) is 30.3 Å². The molecule has 0 aliphatic rings. The number of carbonyl (C=O) groups excluding carboxylic acids is 1. The Morgan fingerprint density at radius 3 is 2.74 bits per heavy atom. The van der Waals surface area contributed by atoms with Gasteiger partial charge in [-0.15, -0.1) is 0 Å². The zero-order valence-corrected chi connectivity index (χ0v) is 11.0. The maximum atomic E-state index is 11.8. The summed E-state index contributed by atoms with van der Waals surface area (Å²) >= 11 is 0. The Balaban J connectivity index is 1.79. The predicted molar refractivity (Wildman–Crippen MR) is 75.6 cm³/mol. The van der Waals surface area contributed by atoms with Gasteiger partial charge in [0.05, 0.1) is 11.9 Å². The Morgan fingerprint density at radius 2 is 2.11 bits per heavy atom. The van der Waals surface area contributed by atoms with E-state index in [1.165, 1.54) is 11.8 Å². The molecule has 0 radical (unpaired) electrons. The van der Waals surface area contributed by atoms with E-state index in [1.54, 1.807) is 11.7 Å². The van der Waals surface area contributed by atoms with E-state index in [-0.39, 0.29) is 5.91 Å². The summed E-state index contributed by atoms with van der Waals surface area (Å²) in [5.74, 6) is 0.524. The third kappa shape index (κ3) is 3.58. The minimum absolute atomic E-state index is 0.0359. The number of amides is 1. The smallest absolute Gasteiger partial charge is 0.225 e. The first-order valence-corrected chi connectivity index (χ1v) is 6.28. The molecule has 0 aliphatic heterocycles. The van der Waals surface area contributed by atoms with Gasteiger partial charge in [-0.25, -0.2) is 0 Å². The topological polar surface area (TPSA) is 72.9 Å². The van der Waals surface area contributed by atoms with Gasteiger partial charge in [0.25, 0.3) is 0 Å². The summed E-state index contributed by atoms with van der Waals surface area (Å²) in [5, 5.41) is 6.76. The van der Waals surface area contributed by atoms with Crippen molar-refractivity contribution in [2.75, 3.05) is 11.1 Å². The van der Waals surface area contributed by atoms with Gasteiger partial charge in [-0.3, -0.25) is 9.48 Å². The Labute approximate surface area is 112 Å². The van der Waals surface area contributed by atoms with E-state index in [0.29, 0.717) is 17.9 Å². The van der Waals surface area contributed by atoms with Gasteiger partial charge in [0, 0.05) is 13.5 Å². The fraction of sp³-hybridized carbons (Fsp3) is 0.286. The highest BCUT2D eigenvalue weighted by Crippen LogP contribution is 2.16. The van der Waals surface area contributed by atoms with Gasteiger partial charge in [0.2, 0.25) is 5.91 Å². The third-order valence-electron chi connectivity index (χ3n) is 2.94. The maximum Gasteiger partial charge on any atom is 0.225 e. The average Bonchev–Trinajstić information content (AvgIpc) is 2.72. The molecule has 0 spiro atoms. The lowest BCUT2D eigenvalue weighted by atomic mass is 10.1. The molecule has 0 saturated carbocycles. The zero-order valence-electron chi connectivity index (χ0n) is 11.0. The Bertz CT molecular complexity index is 528. The molecule has 0 unspecified atom stereocenters. The molecule has 1 aromatic heterocycles. The summed E-state index contributed by atoms with van der Waals surface area (Å²) in [6.45, 7) is 0. The summed E-state index contributed by atoms with van der Waals surface area (Å²) < 4.78 is 1.56. The molecule has 3 N–H and O–H groups in total. The number of nitrogens with zero attached hydrogens (tertiary/aromatic N) is 2. The van der Waals surface area contributed by atoms with Crippen molar-refractivity contribution in [3.8, 4) is 0 Å². The van der Waals surface area contributed by atoms with Gasteiger partial charge in [-0.2, -0.15) is 5.10 Å². The lowest BCUT2D eigenvalue weighted by molar-refractivity contribution is -0.116. The number of aromatic nitrogens is 2. The van der Waals surface area contributed by atoms with Crippen LogP contribution in [0.2, 0.25) is 0 Å². The van der Waals surface area contributed by atoms with E-state index < -0.39 is 0 Å². The second kappa shape index (κ2) is 6.04. The Kier molecular flexibility index (Phi) is 4.18. The molecule has 1 amide bonds. The quantitative estimate of drug-likeness (QED) is 0.861. The summed E-state index contributed by atoms with van der Waals surface area (Å²) in [4.78, 5) is 11.8. The molecule has 5 heteroatoms. The van der Waals surface area contributed by atoms with E-state index in [2.05, 4.69) is 22.5 Å². The number of aryl methyl sites for hydroxylation is 2. The van der Waals surface area contributed by atoms with E-state index in [1.807, 2.05) is 18.2 Å². The maximum absolute atomic E-state index is 11.8. The number of rotatable bonds is 5. The van der Waals surface area contributed by atoms with E-state index in [9.17, 15) is 4.79 Å². The lowest BCUT2D eigenvalue weighted by Crippen LogP contribution is -2.15. The molecule has 19 heavy (non-hydrogen) atoms. The number of hydrogen-bond acceptors (Lipinski definition) is 3. The van der Waals surface area contributed by atoms with Crippen LogP contribution in [0.3, 0.4) is 0 Å². The highest BCUT2D eigenvalue weighted by Gasteiger charge is 2.09. The summed E-state index contributed by atoms with van der Waals surface area (Å²) in [7, 11) is 1.75. The molecule has 1 aromatic carbocycles. The van der Waals surface area contributed by atoms with Gasteiger partial charge in [0.1, 0.15) is 0 Å². The molecule has 0 aliphatic carbocycles. The molecule has 2 aromatic rings. The van der Waals surface area contributed by atoms with Crippen LogP contribution in [0.1, 0.15) is 18.4 Å². The van der Waals surface area contributed by atoms with Gasteiger partial charge in [0.15, 0.2) is 5.82 Å². The van der Waals surface area contributed by atoms with Crippen molar-refractivity contribution in [1.29, 1.82) is 0 Å². The number of nitrogens with two attached hydrogens (primary N) is 1. The molecule has 100 valence electrons. The highest BCUT2D eigenvalue weighted by atomic mass is 16.1. The fourth-order valence-corrected chi connectivity index (χ4v) is 1.90. The van der Waals surface area contributed by atoms with Crippen LogP contribution in [-0.4, -0.2) is 15.7 Å². The van der Waals surface area contributed by atoms with Crippen molar-refractivity contribution in [2.24, 2.45) is 7.05 Å². The number of nitrogens with one attached hydrogen (secondary N) is 1. The van der Waals surface area contributed by atoms with Gasteiger partial charge >= 0.3 is 0 Å². The first kappa shape index (κ1) is 13.1. The number of benzene rings is 1. The number of carbonyl (C=O) groups is 1. The van der Waals surface area contributed by atoms with E-state index in [0.717, 1.165) is 12.8 Å². The molecule has 5 nitrogen and oxygen atoms in total. The molecule has 0 fully saturated rings. The normalized spacial score (nSPS) is 10.4. The third-order valence-corrected chi connectivity index (χ3v) is 2.94. The zero-order chi connectivity index (χ0) is 13.7. The van der Waals surface area contributed by atoms with Gasteiger partial charge in [-0.05, 0) is 18.4 Å². The number of nitrogen functional groups attached to an aromatic ring is 1. The summed E-state index contributed by atoms with van der Waals surface area (Å²) in [6, 6.07) is 10.1. The first-order chi connectivity index (χ1) is 9.16. The highest BCUT2D eigenvalue weighted by molar-refractivity contribution is 5.92. The molecule has 0 atom stereocenters. The molecule has 0 saturated heterocycles. The number of hydrogen-bond donors (Lipinski definition) is 2. The van der Waals surface area contributed by atoms with Crippen LogP contribution in [0, 0.1) is 0 Å². The van der Waals surface area contributed by atoms with Crippen LogP contribution >= 0.6 is 0 Å². The summed E-state index contributed by atoms with van der Waals surface area (Å²) in [6.07, 6.45) is 3.71. The van der Waals surface area contributed by atoms with Crippen LogP contribution in [0.15, 0.2) is 36.5 Å². The van der Waals surface area contributed by atoms with E-state index >= 15 is 0 Å². The van der Waals surface area contributed by atoms with Crippen molar-refractivity contribution in [2.45, 2.75) is 19.3 Å². The van der Waals surface area contributed by atoms with Crippen LogP contribution in [0.4, 0.5) is 11.5 Å². The second-order valence-electron chi connectivity index (χ2n) is 4.46. The van der Waals surface area contributed by atoms with Crippen LogP contribution < -0.4 is 11.1 Å². The fourth-order valence-electron chi connectivity index (χ4n) is 1.90. The van der Waals surface area contributed by atoms with Crippen molar-refractivity contribution in [3.05, 3.63) is 42.1 Å². The first-order valence-electron chi connectivity index (χ1n) is 6.28. The molecule has 2 rings (SSSR count). The van der Waals surface area contributed by atoms with Crippen LogP contribution in [-0.2, 0) is 18.3 Å². The van der Waals surface area contributed by atoms with Crippen LogP contribution in [0.5, 0.6) is 0 Å². The summed E-state index contributed by atoms with van der Waals surface area (Å²) in [5.41, 5.74) is 7.44.